The van der Waals surface area contributed by atoms with E-state index < -0.39 is 11.9 Å². The van der Waals surface area contributed by atoms with E-state index in [1.54, 1.807) is 25.2 Å². The van der Waals surface area contributed by atoms with Crippen LogP contribution < -0.4 is 10.6 Å². The zero-order valence-electron chi connectivity index (χ0n) is 14.2. The van der Waals surface area contributed by atoms with Crippen molar-refractivity contribution in [2.24, 2.45) is 5.92 Å². The average molecular weight is 327 g/mol. The molecule has 24 heavy (non-hydrogen) atoms. The number of allylic oxidation sites excluding steroid dienone is 5. The van der Waals surface area contributed by atoms with Crippen LogP contribution in [0.15, 0.2) is 59.5 Å². The van der Waals surface area contributed by atoms with Gasteiger partial charge in [-0.2, -0.15) is 0 Å². The van der Waals surface area contributed by atoms with Gasteiger partial charge in [0.15, 0.2) is 0 Å². The summed E-state index contributed by atoms with van der Waals surface area (Å²) in [5.74, 6) is -0.818. The van der Waals surface area contributed by atoms with Crippen LogP contribution in [0.4, 0.5) is 0 Å². The summed E-state index contributed by atoms with van der Waals surface area (Å²) in [5, 5.41) is 23.7. The van der Waals surface area contributed by atoms with Gasteiger partial charge >= 0.3 is 5.97 Å². The Morgan fingerprint density at radius 1 is 1.46 bits per heavy atom. The van der Waals surface area contributed by atoms with E-state index >= 15 is 0 Å². The fraction of sp³-hybridized carbons (Fsp3) is 0.368. The van der Waals surface area contributed by atoms with Gasteiger partial charge in [0, 0.05) is 12.3 Å². The molecule has 0 amide bonds. The van der Waals surface area contributed by atoms with Gasteiger partial charge in [-0.15, -0.1) is 0 Å². The van der Waals surface area contributed by atoms with Gasteiger partial charge in [-0.1, -0.05) is 36.5 Å². The highest BCUT2D eigenvalue weighted by Crippen LogP contribution is 2.20. The SMILES string of the molecule is CC(=N)/C=C(\NCC1=CCCC=C1)NC1C(C)=CC=CC1C(=O)O. The molecule has 2 unspecified atom stereocenters. The van der Waals surface area contributed by atoms with Gasteiger partial charge in [-0.25, -0.2) is 0 Å². The lowest BCUT2D eigenvalue weighted by Gasteiger charge is -2.29. The van der Waals surface area contributed by atoms with Crippen LogP contribution in [-0.4, -0.2) is 29.4 Å². The van der Waals surface area contributed by atoms with Crippen LogP contribution in [0.2, 0.25) is 0 Å². The lowest BCUT2D eigenvalue weighted by Crippen LogP contribution is -2.44. The van der Waals surface area contributed by atoms with Crippen molar-refractivity contribution in [2.75, 3.05) is 6.54 Å². The third-order valence-electron chi connectivity index (χ3n) is 4.04. The first-order valence-electron chi connectivity index (χ1n) is 8.18. The number of hydrogen-bond donors (Lipinski definition) is 4. The number of aliphatic carboxylic acids is 1. The van der Waals surface area contributed by atoms with Gasteiger partial charge in [0.1, 0.15) is 5.82 Å². The highest BCUT2D eigenvalue weighted by atomic mass is 16.4. The van der Waals surface area contributed by atoms with Crippen LogP contribution >= 0.6 is 0 Å². The second kappa shape index (κ2) is 8.34. The molecule has 5 nitrogen and oxygen atoms in total. The Labute approximate surface area is 143 Å². The maximum Gasteiger partial charge on any atom is 0.312 e. The Hall–Kier alpha value is -2.56. The molecular formula is C19H25N3O2. The lowest BCUT2D eigenvalue weighted by atomic mass is 9.89. The molecule has 0 aromatic heterocycles. The van der Waals surface area contributed by atoms with E-state index in [-0.39, 0.29) is 6.04 Å². The van der Waals surface area contributed by atoms with Crippen LogP contribution in [0.3, 0.4) is 0 Å². The number of carbonyl (C=O) groups is 1. The minimum Gasteiger partial charge on any atom is -0.481 e. The first-order chi connectivity index (χ1) is 11.5. The van der Waals surface area contributed by atoms with Crippen molar-refractivity contribution in [1.82, 2.24) is 10.6 Å². The molecule has 0 aliphatic heterocycles. The summed E-state index contributed by atoms with van der Waals surface area (Å²) >= 11 is 0. The monoisotopic (exact) mass is 327 g/mol. The molecule has 2 aliphatic rings. The normalized spacial score (nSPS) is 23.3. The third kappa shape index (κ3) is 4.98. The predicted octanol–water partition coefficient (Wildman–Crippen LogP) is 2.91. The molecule has 4 N–H and O–H groups in total. The Balaban J connectivity index is 2.10. The van der Waals surface area contributed by atoms with Gasteiger partial charge in [0.25, 0.3) is 0 Å². The van der Waals surface area contributed by atoms with Crippen LogP contribution in [0.25, 0.3) is 0 Å². The van der Waals surface area contributed by atoms with Gasteiger partial charge < -0.3 is 21.1 Å². The topological polar surface area (TPSA) is 85.2 Å². The van der Waals surface area contributed by atoms with Crippen molar-refractivity contribution in [3.05, 3.63) is 59.5 Å². The Morgan fingerprint density at radius 3 is 2.88 bits per heavy atom. The summed E-state index contributed by atoms with van der Waals surface area (Å²) in [7, 11) is 0. The number of rotatable bonds is 7. The summed E-state index contributed by atoms with van der Waals surface area (Å²) in [5.41, 5.74) is 2.55. The summed E-state index contributed by atoms with van der Waals surface area (Å²) < 4.78 is 0. The Bertz CT molecular complexity index is 654. The van der Waals surface area contributed by atoms with Crippen molar-refractivity contribution < 1.29 is 9.90 Å². The summed E-state index contributed by atoms with van der Waals surface area (Å²) in [6.45, 7) is 4.26. The molecule has 2 rings (SSSR count). The van der Waals surface area contributed by atoms with Crippen molar-refractivity contribution in [3.63, 3.8) is 0 Å². The van der Waals surface area contributed by atoms with Crippen LogP contribution in [0.5, 0.6) is 0 Å². The van der Waals surface area contributed by atoms with Crippen molar-refractivity contribution >= 4 is 11.7 Å². The van der Waals surface area contributed by atoms with Gasteiger partial charge in [0.05, 0.1) is 12.0 Å². The van der Waals surface area contributed by atoms with Gasteiger partial charge in [-0.3, -0.25) is 4.79 Å². The molecule has 5 heteroatoms. The van der Waals surface area contributed by atoms with E-state index in [9.17, 15) is 9.90 Å². The highest BCUT2D eigenvalue weighted by Gasteiger charge is 2.29. The molecule has 0 aromatic carbocycles. The largest absolute Gasteiger partial charge is 0.481 e. The second-order valence-corrected chi connectivity index (χ2v) is 6.13. The van der Waals surface area contributed by atoms with Crippen molar-refractivity contribution in [1.29, 1.82) is 5.41 Å². The summed E-state index contributed by atoms with van der Waals surface area (Å²) in [6.07, 6.45) is 15.6. The molecule has 0 spiro atoms. The molecule has 0 heterocycles. The quantitative estimate of drug-likeness (QED) is 0.542. The fourth-order valence-electron chi connectivity index (χ4n) is 2.78. The zero-order chi connectivity index (χ0) is 17.5. The Morgan fingerprint density at radius 2 is 2.25 bits per heavy atom. The molecule has 2 aliphatic carbocycles. The zero-order valence-corrected chi connectivity index (χ0v) is 14.2. The summed E-state index contributed by atoms with van der Waals surface area (Å²) in [6, 6.07) is -0.332. The first-order valence-corrected chi connectivity index (χ1v) is 8.18. The first kappa shape index (κ1) is 17.8. The van der Waals surface area contributed by atoms with Crippen LogP contribution in [-0.2, 0) is 4.79 Å². The molecule has 2 atom stereocenters. The summed E-state index contributed by atoms with van der Waals surface area (Å²) in [4.78, 5) is 11.5. The molecule has 0 radical (unpaired) electrons. The van der Waals surface area contributed by atoms with E-state index in [4.69, 9.17) is 5.41 Å². The predicted molar refractivity (Wildman–Crippen MR) is 96.9 cm³/mol. The minimum absolute atomic E-state index is 0.332. The third-order valence-corrected chi connectivity index (χ3v) is 4.04. The molecule has 0 bridgehead atoms. The van der Waals surface area contributed by atoms with Crippen LogP contribution in [0.1, 0.15) is 26.7 Å². The smallest absolute Gasteiger partial charge is 0.312 e. The number of carboxylic acids is 1. The molecule has 0 saturated carbocycles. The number of hydrogen-bond acceptors (Lipinski definition) is 4. The van der Waals surface area contributed by atoms with E-state index in [1.165, 1.54) is 5.57 Å². The fourth-order valence-corrected chi connectivity index (χ4v) is 2.78. The maximum absolute atomic E-state index is 11.5. The standard InChI is InChI=1S/C19H25N3O2/c1-13-7-6-10-16(19(23)24)18(13)22-17(11-14(2)20)21-12-15-8-4-3-5-9-15/h4,6-11,16,18,20-22H,3,5,12H2,1-2H3,(H,23,24)/b17-11+,20-14?. The lowest BCUT2D eigenvalue weighted by molar-refractivity contribution is -0.140. The molecule has 0 aromatic rings. The van der Waals surface area contributed by atoms with Gasteiger partial charge in [0.2, 0.25) is 0 Å². The Kier molecular flexibility index (Phi) is 6.18. The molecule has 0 saturated heterocycles. The molecule has 0 fully saturated rings. The second-order valence-electron chi connectivity index (χ2n) is 6.13. The number of nitrogens with one attached hydrogen (secondary N) is 3. The number of carboxylic acid groups (broad SMARTS) is 1. The van der Waals surface area contributed by atoms with E-state index in [1.807, 2.05) is 13.0 Å². The molecular weight excluding hydrogens is 302 g/mol. The minimum atomic E-state index is -0.861. The van der Waals surface area contributed by atoms with E-state index in [0.29, 0.717) is 18.1 Å². The molecule has 128 valence electrons. The van der Waals surface area contributed by atoms with Crippen LogP contribution in [0, 0.1) is 11.3 Å². The van der Waals surface area contributed by atoms with Crippen molar-refractivity contribution in [3.8, 4) is 0 Å². The van der Waals surface area contributed by atoms with Gasteiger partial charge in [-0.05, 0) is 43.9 Å². The average Bonchev–Trinajstić information content (AvgIpc) is 2.54. The van der Waals surface area contributed by atoms with Crippen molar-refractivity contribution in [2.45, 2.75) is 32.7 Å². The van der Waals surface area contributed by atoms with E-state index in [0.717, 1.165) is 18.4 Å². The highest BCUT2D eigenvalue weighted by molar-refractivity contribution is 5.90. The maximum atomic E-state index is 11.5. The van der Waals surface area contributed by atoms with E-state index in [2.05, 4.69) is 28.9 Å².